The molecular weight excluding hydrogens is 453 g/mol. The Hall–Kier alpha value is -3.03. The number of imide groups is 1. The standard InChI is InChI=1S/C23H21Cl2N3O4/c24-14-8-11-18(29)17(12-14)27-21(30)13-6-9-15(10-7-13)26-20-19(25)22(31)28(23(20)32)16-4-2-1-3-5-16/h6-12,16,26,29H,1-5H2,(H,27,30). The lowest BCUT2D eigenvalue weighted by Gasteiger charge is -2.29. The van der Waals surface area contributed by atoms with Gasteiger partial charge in [0.2, 0.25) is 0 Å². The number of halogens is 2. The minimum absolute atomic E-state index is 0.0447. The molecule has 0 saturated heterocycles. The zero-order chi connectivity index (χ0) is 22.8. The maximum atomic E-state index is 12.9. The minimum Gasteiger partial charge on any atom is -0.506 e. The highest BCUT2D eigenvalue weighted by Gasteiger charge is 2.42. The van der Waals surface area contributed by atoms with Crippen LogP contribution in [0, 0.1) is 0 Å². The van der Waals surface area contributed by atoms with Crippen LogP contribution in [0.2, 0.25) is 5.02 Å². The first-order chi connectivity index (χ1) is 15.3. The average Bonchev–Trinajstić information content (AvgIpc) is 3.00. The number of hydrogen-bond donors (Lipinski definition) is 3. The van der Waals surface area contributed by atoms with Crippen molar-refractivity contribution in [2.45, 2.75) is 38.1 Å². The van der Waals surface area contributed by atoms with Gasteiger partial charge in [0.25, 0.3) is 17.7 Å². The van der Waals surface area contributed by atoms with Gasteiger partial charge < -0.3 is 15.7 Å². The summed E-state index contributed by atoms with van der Waals surface area (Å²) in [5.74, 6) is -1.44. The molecule has 0 aromatic heterocycles. The van der Waals surface area contributed by atoms with E-state index in [1.807, 2.05) is 0 Å². The average molecular weight is 474 g/mol. The van der Waals surface area contributed by atoms with E-state index in [2.05, 4.69) is 10.6 Å². The summed E-state index contributed by atoms with van der Waals surface area (Å²) in [6, 6.07) is 10.5. The van der Waals surface area contributed by atoms with E-state index in [4.69, 9.17) is 23.2 Å². The van der Waals surface area contributed by atoms with Crippen LogP contribution < -0.4 is 10.6 Å². The lowest BCUT2D eigenvalue weighted by atomic mass is 9.94. The maximum Gasteiger partial charge on any atom is 0.279 e. The summed E-state index contributed by atoms with van der Waals surface area (Å²) >= 11 is 12.1. The highest BCUT2D eigenvalue weighted by atomic mass is 35.5. The van der Waals surface area contributed by atoms with Gasteiger partial charge in [0.05, 0.1) is 5.69 Å². The van der Waals surface area contributed by atoms with Crippen molar-refractivity contribution in [3.05, 3.63) is 63.8 Å². The van der Waals surface area contributed by atoms with Crippen LogP contribution in [0.1, 0.15) is 42.5 Å². The number of aromatic hydroxyl groups is 1. The van der Waals surface area contributed by atoms with E-state index >= 15 is 0 Å². The number of nitrogens with zero attached hydrogens (tertiary/aromatic N) is 1. The maximum absolute atomic E-state index is 12.9. The summed E-state index contributed by atoms with van der Waals surface area (Å²) < 4.78 is 0. The fraction of sp³-hybridized carbons (Fsp3) is 0.261. The second-order valence-corrected chi connectivity index (χ2v) is 8.59. The third-order valence-corrected chi connectivity index (χ3v) is 6.21. The molecule has 3 amide bonds. The number of amides is 3. The molecule has 2 aromatic carbocycles. The Balaban J connectivity index is 1.45. The Kier molecular flexibility index (Phi) is 6.39. The molecule has 0 atom stereocenters. The molecule has 1 aliphatic carbocycles. The van der Waals surface area contributed by atoms with Crippen LogP contribution in [-0.4, -0.2) is 33.8 Å². The first kappa shape index (κ1) is 22.2. The second-order valence-electron chi connectivity index (χ2n) is 7.78. The number of nitrogens with one attached hydrogen (secondary N) is 2. The van der Waals surface area contributed by atoms with Crippen LogP contribution in [0.25, 0.3) is 0 Å². The summed E-state index contributed by atoms with van der Waals surface area (Å²) in [6.45, 7) is 0. The number of carbonyl (C=O) groups excluding carboxylic acids is 3. The molecule has 0 unspecified atom stereocenters. The van der Waals surface area contributed by atoms with Crippen molar-refractivity contribution in [1.82, 2.24) is 4.90 Å². The predicted octanol–water partition coefficient (Wildman–Crippen LogP) is 4.86. The molecular formula is C23H21Cl2N3O4. The highest BCUT2D eigenvalue weighted by molar-refractivity contribution is 6.48. The van der Waals surface area contributed by atoms with E-state index in [1.54, 1.807) is 24.3 Å². The van der Waals surface area contributed by atoms with E-state index < -0.39 is 17.7 Å². The molecule has 0 bridgehead atoms. The Morgan fingerprint density at radius 3 is 2.34 bits per heavy atom. The predicted molar refractivity (Wildman–Crippen MR) is 123 cm³/mol. The molecule has 0 radical (unpaired) electrons. The Labute approximate surface area is 195 Å². The molecule has 2 aromatic rings. The molecule has 4 rings (SSSR count). The van der Waals surface area contributed by atoms with E-state index in [9.17, 15) is 19.5 Å². The number of anilines is 2. The molecule has 0 spiro atoms. The van der Waals surface area contributed by atoms with Gasteiger partial charge in [-0.1, -0.05) is 42.5 Å². The normalized spacial score (nSPS) is 17.1. The minimum atomic E-state index is -0.469. The fourth-order valence-corrected chi connectivity index (χ4v) is 4.34. The molecule has 166 valence electrons. The number of benzene rings is 2. The Morgan fingerprint density at radius 1 is 0.969 bits per heavy atom. The topological polar surface area (TPSA) is 98.7 Å². The lowest BCUT2D eigenvalue weighted by Crippen LogP contribution is -2.42. The van der Waals surface area contributed by atoms with Crippen LogP contribution in [0.15, 0.2) is 53.2 Å². The van der Waals surface area contributed by atoms with E-state index in [-0.39, 0.29) is 28.2 Å². The van der Waals surface area contributed by atoms with Gasteiger partial charge in [-0.05, 0) is 55.3 Å². The van der Waals surface area contributed by atoms with Crippen molar-refractivity contribution >= 4 is 52.3 Å². The molecule has 1 heterocycles. The van der Waals surface area contributed by atoms with Crippen molar-refractivity contribution in [1.29, 1.82) is 0 Å². The monoisotopic (exact) mass is 473 g/mol. The number of hydrogen-bond acceptors (Lipinski definition) is 5. The first-order valence-corrected chi connectivity index (χ1v) is 11.1. The van der Waals surface area contributed by atoms with Crippen molar-refractivity contribution in [2.75, 3.05) is 10.6 Å². The molecule has 7 nitrogen and oxygen atoms in total. The molecule has 9 heteroatoms. The fourth-order valence-electron chi connectivity index (χ4n) is 3.95. The molecule has 1 fully saturated rings. The van der Waals surface area contributed by atoms with Gasteiger partial charge in [-0.25, -0.2) is 0 Å². The van der Waals surface area contributed by atoms with Crippen molar-refractivity contribution in [3.63, 3.8) is 0 Å². The molecule has 1 saturated carbocycles. The SMILES string of the molecule is O=C(Nc1cc(Cl)ccc1O)c1ccc(NC2=C(Cl)C(=O)N(C3CCCCC3)C2=O)cc1. The molecule has 3 N–H and O–H groups in total. The van der Waals surface area contributed by atoms with Gasteiger partial charge >= 0.3 is 0 Å². The van der Waals surface area contributed by atoms with Gasteiger partial charge in [-0.3, -0.25) is 19.3 Å². The number of carbonyl (C=O) groups is 3. The van der Waals surface area contributed by atoms with Gasteiger partial charge in [-0.15, -0.1) is 0 Å². The number of rotatable bonds is 5. The lowest BCUT2D eigenvalue weighted by molar-refractivity contribution is -0.140. The summed E-state index contributed by atoms with van der Waals surface area (Å²) in [6.07, 6.45) is 4.66. The Bertz CT molecular complexity index is 1110. The summed E-state index contributed by atoms with van der Waals surface area (Å²) in [7, 11) is 0. The van der Waals surface area contributed by atoms with Crippen LogP contribution in [0.4, 0.5) is 11.4 Å². The first-order valence-electron chi connectivity index (χ1n) is 10.3. The van der Waals surface area contributed by atoms with Gasteiger partial charge in [-0.2, -0.15) is 0 Å². The zero-order valence-corrected chi connectivity index (χ0v) is 18.5. The zero-order valence-electron chi connectivity index (χ0n) is 17.0. The summed E-state index contributed by atoms with van der Waals surface area (Å²) in [4.78, 5) is 39.2. The third kappa shape index (κ3) is 4.45. The number of phenols is 1. The van der Waals surface area contributed by atoms with Crippen LogP contribution in [0.5, 0.6) is 5.75 Å². The van der Waals surface area contributed by atoms with E-state index in [0.717, 1.165) is 32.1 Å². The quantitative estimate of drug-likeness (QED) is 0.425. The van der Waals surface area contributed by atoms with E-state index in [1.165, 1.54) is 23.1 Å². The number of phenolic OH excluding ortho intramolecular Hbond substituents is 1. The van der Waals surface area contributed by atoms with Gasteiger partial charge in [0, 0.05) is 22.3 Å². The van der Waals surface area contributed by atoms with Gasteiger partial charge in [0.15, 0.2) is 0 Å². The van der Waals surface area contributed by atoms with Crippen molar-refractivity contribution in [3.8, 4) is 5.75 Å². The second kappa shape index (κ2) is 9.22. The van der Waals surface area contributed by atoms with Crippen molar-refractivity contribution in [2.24, 2.45) is 0 Å². The largest absolute Gasteiger partial charge is 0.506 e. The summed E-state index contributed by atoms with van der Waals surface area (Å²) in [5, 5.41) is 15.6. The highest BCUT2D eigenvalue weighted by Crippen LogP contribution is 2.32. The van der Waals surface area contributed by atoms with E-state index in [0.29, 0.717) is 16.3 Å². The Morgan fingerprint density at radius 2 is 1.66 bits per heavy atom. The summed E-state index contributed by atoms with van der Waals surface area (Å²) in [5.41, 5.74) is 1.07. The molecule has 32 heavy (non-hydrogen) atoms. The van der Waals surface area contributed by atoms with Crippen LogP contribution in [0.3, 0.4) is 0 Å². The van der Waals surface area contributed by atoms with Crippen molar-refractivity contribution < 1.29 is 19.5 Å². The third-order valence-electron chi connectivity index (χ3n) is 5.62. The van der Waals surface area contributed by atoms with Gasteiger partial charge in [0.1, 0.15) is 16.5 Å². The molecule has 1 aliphatic heterocycles. The molecule has 2 aliphatic rings. The van der Waals surface area contributed by atoms with Crippen LogP contribution >= 0.6 is 23.2 Å². The smallest absolute Gasteiger partial charge is 0.279 e. The van der Waals surface area contributed by atoms with Crippen LogP contribution in [-0.2, 0) is 9.59 Å².